The second-order valence-electron chi connectivity index (χ2n) is 5.80. The number of amides is 1. The highest BCUT2D eigenvalue weighted by atomic mass is 32.2. The van der Waals surface area contributed by atoms with Gasteiger partial charge in [-0.3, -0.25) is 4.79 Å². The van der Waals surface area contributed by atoms with Gasteiger partial charge in [0, 0.05) is 28.4 Å². The second kappa shape index (κ2) is 6.66. The van der Waals surface area contributed by atoms with E-state index >= 15 is 0 Å². The van der Waals surface area contributed by atoms with Crippen LogP contribution in [0.1, 0.15) is 35.8 Å². The van der Waals surface area contributed by atoms with Crippen molar-refractivity contribution in [2.24, 2.45) is 0 Å². The number of aromatic carboxylic acids is 1. The number of rotatable bonds is 7. The molecule has 1 aliphatic heterocycles. The molecule has 1 fully saturated rings. The van der Waals surface area contributed by atoms with Gasteiger partial charge in [-0.05, 0) is 43.5 Å². The van der Waals surface area contributed by atoms with Crippen molar-refractivity contribution in [1.29, 1.82) is 0 Å². The van der Waals surface area contributed by atoms with E-state index in [0.717, 1.165) is 35.9 Å². The molecular formula is C17H20N2O3S. The van der Waals surface area contributed by atoms with Gasteiger partial charge in [0.2, 0.25) is 5.91 Å². The van der Waals surface area contributed by atoms with Crippen molar-refractivity contribution in [2.45, 2.75) is 36.7 Å². The summed E-state index contributed by atoms with van der Waals surface area (Å²) in [6.07, 6.45) is 2.74. The van der Waals surface area contributed by atoms with Crippen molar-refractivity contribution in [1.82, 2.24) is 10.3 Å². The number of H-pyrrole nitrogens is 1. The highest BCUT2D eigenvalue weighted by Gasteiger charge is 2.42. The molecular weight excluding hydrogens is 312 g/mol. The van der Waals surface area contributed by atoms with Crippen molar-refractivity contribution in [3.63, 3.8) is 0 Å². The molecule has 2 atom stereocenters. The van der Waals surface area contributed by atoms with Gasteiger partial charge in [-0.25, -0.2) is 4.79 Å². The van der Waals surface area contributed by atoms with Crippen LogP contribution < -0.4 is 5.32 Å². The number of benzene rings is 1. The van der Waals surface area contributed by atoms with Crippen LogP contribution in [0.15, 0.2) is 24.3 Å². The molecule has 0 radical (unpaired) electrons. The van der Waals surface area contributed by atoms with Crippen LogP contribution in [0.5, 0.6) is 0 Å². The predicted octanol–water partition coefficient (Wildman–Crippen LogP) is 2.81. The molecule has 1 aromatic heterocycles. The SMILES string of the molecule is CCC1SC1C(=O)NCCCc1cc2cc(C(=O)O)ccc2[nH]1. The Morgan fingerprint density at radius 3 is 2.87 bits per heavy atom. The molecule has 5 nitrogen and oxygen atoms in total. The fourth-order valence-electron chi connectivity index (χ4n) is 2.74. The number of carboxylic acids is 1. The third-order valence-corrected chi connectivity index (χ3v) is 5.57. The van der Waals surface area contributed by atoms with Crippen LogP contribution in [-0.4, -0.2) is 39.0 Å². The van der Waals surface area contributed by atoms with Crippen LogP contribution in [0.3, 0.4) is 0 Å². The molecule has 2 unspecified atom stereocenters. The van der Waals surface area contributed by atoms with Crippen molar-refractivity contribution >= 4 is 34.5 Å². The van der Waals surface area contributed by atoms with Crippen LogP contribution in [0.2, 0.25) is 0 Å². The molecule has 0 bridgehead atoms. The Labute approximate surface area is 138 Å². The van der Waals surface area contributed by atoms with Crippen molar-refractivity contribution in [2.75, 3.05) is 6.54 Å². The maximum Gasteiger partial charge on any atom is 0.335 e. The van der Waals surface area contributed by atoms with Gasteiger partial charge in [0.05, 0.1) is 10.8 Å². The third-order valence-electron chi connectivity index (χ3n) is 4.09. The lowest BCUT2D eigenvalue weighted by Crippen LogP contribution is -2.29. The van der Waals surface area contributed by atoms with E-state index in [1.165, 1.54) is 0 Å². The Balaban J connectivity index is 1.49. The van der Waals surface area contributed by atoms with Gasteiger partial charge >= 0.3 is 5.97 Å². The number of carbonyl (C=O) groups excluding carboxylic acids is 1. The number of aromatic amines is 1. The number of carbonyl (C=O) groups is 2. The largest absolute Gasteiger partial charge is 0.478 e. The first-order chi connectivity index (χ1) is 11.1. The number of hydrogen-bond donors (Lipinski definition) is 3. The zero-order valence-corrected chi connectivity index (χ0v) is 13.8. The summed E-state index contributed by atoms with van der Waals surface area (Å²) in [5, 5.41) is 13.6. The number of fused-ring (bicyclic) bond motifs is 1. The molecule has 3 N–H and O–H groups in total. The Bertz CT molecular complexity index is 741. The number of aryl methyl sites for hydroxylation is 1. The minimum Gasteiger partial charge on any atom is -0.478 e. The summed E-state index contributed by atoms with van der Waals surface area (Å²) in [4.78, 5) is 26.1. The summed E-state index contributed by atoms with van der Waals surface area (Å²) in [5.41, 5.74) is 2.29. The van der Waals surface area contributed by atoms with E-state index in [2.05, 4.69) is 17.2 Å². The van der Waals surface area contributed by atoms with Crippen molar-refractivity contribution < 1.29 is 14.7 Å². The number of carboxylic acid groups (broad SMARTS) is 1. The maximum absolute atomic E-state index is 11.8. The summed E-state index contributed by atoms with van der Waals surface area (Å²) in [7, 11) is 0. The summed E-state index contributed by atoms with van der Waals surface area (Å²) < 4.78 is 0. The van der Waals surface area contributed by atoms with Gasteiger partial charge in [-0.1, -0.05) is 6.92 Å². The minimum absolute atomic E-state index is 0.155. The van der Waals surface area contributed by atoms with E-state index in [-0.39, 0.29) is 11.2 Å². The Morgan fingerprint density at radius 2 is 2.17 bits per heavy atom. The van der Waals surface area contributed by atoms with Crippen LogP contribution in [0.4, 0.5) is 0 Å². The Hall–Kier alpha value is -1.95. The molecule has 1 saturated heterocycles. The summed E-state index contributed by atoms with van der Waals surface area (Å²) in [6, 6.07) is 7.05. The second-order valence-corrected chi connectivity index (χ2v) is 7.19. The van der Waals surface area contributed by atoms with E-state index < -0.39 is 5.97 Å². The van der Waals surface area contributed by atoms with Crippen molar-refractivity contribution in [3.05, 3.63) is 35.5 Å². The van der Waals surface area contributed by atoms with Gasteiger partial charge in [0.25, 0.3) is 0 Å². The van der Waals surface area contributed by atoms with Crippen LogP contribution in [0.25, 0.3) is 10.9 Å². The fourth-order valence-corrected chi connectivity index (χ4v) is 3.74. The molecule has 6 heteroatoms. The van der Waals surface area contributed by atoms with Gasteiger partial charge in [0.1, 0.15) is 0 Å². The molecule has 0 spiro atoms. The molecule has 3 rings (SSSR count). The maximum atomic E-state index is 11.8. The van der Waals surface area contributed by atoms with E-state index in [4.69, 9.17) is 5.11 Å². The highest BCUT2D eigenvalue weighted by molar-refractivity contribution is 8.08. The average Bonchev–Trinajstić information content (AvgIpc) is 3.22. The number of hydrogen-bond acceptors (Lipinski definition) is 3. The molecule has 0 aliphatic carbocycles. The van der Waals surface area contributed by atoms with E-state index in [9.17, 15) is 9.59 Å². The summed E-state index contributed by atoms with van der Waals surface area (Å²) in [5.74, 6) is -0.759. The zero-order chi connectivity index (χ0) is 16.4. The Morgan fingerprint density at radius 1 is 1.35 bits per heavy atom. The van der Waals surface area contributed by atoms with E-state index in [1.807, 2.05) is 6.07 Å². The van der Waals surface area contributed by atoms with Gasteiger partial charge in [-0.2, -0.15) is 0 Å². The Kier molecular flexibility index (Phi) is 4.61. The zero-order valence-electron chi connectivity index (χ0n) is 13.0. The van der Waals surface area contributed by atoms with Crippen LogP contribution in [-0.2, 0) is 11.2 Å². The fraction of sp³-hybridized carbons (Fsp3) is 0.412. The average molecular weight is 332 g/mol. The lowest BCUT2D eigenvalue weighted by molar-refractivity contribution is -0.120. The molecule has 2 aromatic rings. The number of nitrogens with one attached hydrogen (secondary N) is 2. The molecule has 0 saturated carbocycles. The molecule has 1 aromatic carbocycles. The first kappa shape index (κ1) is 15.9. The summed E-state index contributed by atoms with van der Waals surface area (Å²) >= 11 is 1.74. The van der Waals surface area contributed by atoms with E-state index in [0.29, 0.717) is 17.4 Å². The van der Waals surface area contributed by atoms with Crippen molar-refractivity contribution in [3.8, 4) is 0 Å². The third kappa shape index (κ3) is 3.69. The standard InChI is InChI=1S/C17H20N2O3S/c1-2-14-15(23-14)16(20)18-7-3-4-12-9-11-8-10(17(21)22)5-6-13(11)19-12/h5-6,8-9,14-15,19H,2-4,7H2,1H3,(H,18,20)(H,21,22). The van der Waals surface area contributed by atoms with E-state index in [1.54, 1.807) is 30.0 Å². The van der Waals surface area contributed by atoms with Gasteiger partial charge < -0.3 is 15.4 Å². The molecule has 23 heavy (non-hydrogen) atoms. The highest BCUT2D eigenvalue weighted by Crippen LogP contribution is 2.43. The number of aromatic nitrogens is 1. The lowest BCUT2D eigenvalue weighted by Gasteiger charge is -2.03. The van der Waals surface area contributed by atoms with Crippen LogP contribution >= 0.6 is 11.8 Å². The van der Waals surface area contributed by atoms with Crippen LogP contribution in [0, 0.1) is 0 Å². The molecule has 1 aliphatic rings. The quantitative estimate of drug-likeness (QED) is 0.538. The summed E-state index contributed by atoms with van der Waals surface area (Å²) in [6.45, 7) is 2.78. The first-order valence-electron chi connectivity index (χ1n) is 7.86. The normalized spacial score (nSPS) is 19.7. The molecule has 1 amide bonds. The topological polar surface area (TPSA) is 82.2 Å². The predicted molar refractivity (Wildman–Crippen MR) is 92.0 cm³/mol. The lowest BCUT2D eigenvalue weighted by atomic mass is 10.1. The smallest absolute Gasteiger partial charge is 0.335 e. The molecule has 122 valence electrons. The van der Waals surface area contributed by atoms with Gasteiger partial charge in [-0.15, -0.1) is 11.8 Å². The number of thioether (sulfide) groups is 1. The molecule has 2 heterocycles. The van der Waals surface area contributed by atoms with Gasteiger partial charge in [0.15, 0.2) is 0 Å². The first-order valence-corrected chi connectivity index (χ1v) is 8.81. The monoisotopic (exact) mass is 332 g/mol. The minimum atomic E-state index is -0.916.